The number of amides is 1. The number of nitrogens with zero attached hydrogens (tertiary/aromatic N) is 3. The molecule has 4 rings (SSSR count). The molecular formula is C19H23N3O4. The van der Waals surface area contributed by atoms with E-state index in [4.69, 9.17) is 14.0 Å². The summed E-state index contributed by atoms with van der Waals surface area (Å²) in [6, 6.07) is 5.64. The fourth-order valence-electron chi connectivity index (χ4n) is 4.00. The monoisotopic (exact) mass is 357 g/mol. The Morgan fingerprint density at radius 1 is 1.38 bits per heavy atom. The quantitative estimate of drug-likeness (QED) is 0.839. The Balaban J connectivity index is 1.65. The van der Waals surface area contributed by atoms with E-state index >= 15 is 0 Å². The van der Waals surface area contributed by atoms with Gasteiger partial charge in [0.1, 0.15) is 11.8 Å². The summed E-state index contributed by atoms with van der Waals surface area (Å²) in [4.78, 5) is 19.6. The molecule has 0 radical (unpaired) electrons. The van der Waals surface area contributed by atoms with Gasteiger partial charge in [-0.25, -0.2) is 0 Å². The van der Waals surface area contributed by atoms with Crippen LogP contribution >= 0.6 is 0 Å². The van der Waals surface area contributed by atoms with E-state index in [1.54, 1.807) is 14.0 Å². The standard InChI is InChI=1S/C19H23N3O4/c1-11-17(18-20-12(2)21-26-18)22(8-9-25-11)19(23)15-7-5-13-4-6-14(24-3)10-16(13)15/h4,6,10-11,15,17H,5,7-9H2,1-3H3/t11-,15?,17+/m1/s1. The summed E-state index contributed by atoms with van der Waals surface area (Å²) in [5, 5.41) is 3.88. The molecule has 1 fully saturated rings. The molecule has 7 nitrogen and oxygen atoms in total. The average Bonchev–Trinajstić information content (AvgIpc) is 3.26. The van der Waals surface area contributed by atoms with Crippen LogP contribution in [0.1, 0.15) is 48.1 Å². The van der Waals surface area contributed by atoms with Crippen LogP contribution in [0, 0.1) is 6.92 Å². The van der Waals surface area contributed by atoms with Crippen molar-refractivity contribution in [1.29, 1.82) is 0 Å². The van der Waals surface area contributed by atoms with Gasteiger partial charge in [0, 0.05) is 6.54 Å². The number of aryl methyl sites for hydroxylation is 2. The van der Waals surface area contributed by atoms with Gasteiger partial charge in [-0.3, -0.25) is 4.79 Å². The minimum Gasteiger partial charge on any atom is -0.497 e. The molecule has 0 spiro atoms. The second-order valence-corrected chi connectivity index (χ2v) is 6.89. The third kappa shape index (κ3) is 2.86. The van der Waals surface area contributed by atoms with Crippen LogP contribution in [0.3, 0.4) is 0 Å². The zero-order chi connectivity index (χ0) is 18.3. The molecule has 1 saturated heterocycles. The molecule has 2 aliphatic rings. The van der Waals surface area contributed by atoms with E-state index in [2.05, 4.69) is 16.2 Å². The van der Waals surface area contributed by atoms with Crippen molar-refractivity contribution in [2.75, 3.05) is 20.3 Å². The summed E-state index contributed by atoms with van der Waals surface area (Å²) in [5.41, 5.74) is 2.28. The number of fused-ring (bicyclic) bond motifs is 1. The summed E-state index contributed by atoms with van der Waals surface area (Å²) in [5.74, 6) is 1.70. The van der Waals surface area contributed by atoms with E-state index in [9.17, 15) is 4.79 Å². The lowest BCUT2D eigenvalue weighted by Crippen LogP contribution is -2.48. The number of morpholine rings is 1. The van der Waals surface area contributed by atoms with Gasteiger partial charge in [-0.05, 0) is 49.9 Å². The topological polar surface area (TPSA) is 77.7 Å². The molecule has 1 aromatic carbocycles. The number of aromatic nitrogens is 2. The summed E-state index contributed by atoms with van der Waals surface area (Å²) in [6.45, 7) is 4.74. The summed E-state index contributed by atoms with van der Waals surface area (Å²) in [7, 11) is 1.64. The Labute approximate surface area is 152 Å². The molecule has 1 aliphatic carbocycles. The van der Waals surface area contributed by atoms with Crippen molar-refractivity contribution in [3.05, 3.63) is 41.0 Å². The Morgan fingerprint density at radius 3 is 2.96 bits per heavy atom. The maximum Gasteiger partial charge on any atom is 0.252 e. The van der Waals surface area contributed by atoms with Gasteiger partial charge in [0.25, 0.3) is 5.89 Å². The Morgan fingerprint density at radius 2 is 2.23 bits per heavy atom. The zero-order valence-electron chi connectivity index (χ0n) is 15.3. The first-order chi connectivity index (χ1) is 12.6. The molecule has 1 amide bonds. The highest BCUT2D eigenvalue weighted by Crippen LogP contribution is 2.39. The van der Waals surface area contributed by atoms with Crippen molar-refractivity contribution in [3.8, 4) is 5.75 Å². The van der Waals surface area contributed by atoms with Gasteiger partial charge in [0.05, 0.1) is 25.7 Å². The van der Waals surface area contributed by atoms with Crippen LogP contribution in [-0.4, -0.2) is 47.3 Å². The first-order valence-electron chi connectivity index (χ1n) is 8.97. The van der Waals surface area contributed by atoms with Gasteiger partial charge in [0.15, 0.2) is 5.82 Å². The van der Waals surface area contributed by atoms with E-state index in [0.29, 0.717) is 24.9 Å². The number of carbonyl (C=O) groups is 1. The van der Waals surface area contributed by atoms with Crippen LogP contribution in [0.4, 0.5) is 0 Å². The predicted molar refractivity (Wildman–Crippen MR) is 93.0 cm³/mol. The van der Waals surface area contributed by atoms with Crippen LogP contribution in [0.2, 0.25) is 0 Å². The largest absolute Gasteiger partial charge is 0.497 e. The molecule has 1 aliphatic heterocycles. The van der Waals surface area contributed by atoms with Crippen LogP contribution in [0.5, 0.6) is 5.75 Å². The van der Waals surface area contributed by atoms with Gasteiger partial charge < -0.3 is 18.9 Å². The highest BCUT2D eigenvalue weighted by Gasteiger charge is 2.41. The lowest BCUT2D eigenvalue weighted by molar-refractivity contribution is -0.149. The summed E-state index contributed by atoms with van der Waals surface area (Å²) in [6.07, 6.45) is 1.52. The van der Waals surface area contributed by atoms with Gasteiger partial charge in [-0.2, -0.15) is 4.98 Å². The Kier molecular flexibility index (Phi) is 4.40. The lowest BCUT2D eigenvalue weighted by Gasteiger charge is -2.39. The fraction of sp³-hybridized carbons (Fsp3) is 0.526. The second kappa shape index (κ2) is 6.72. The molecule has 1 aromatic heterocycles. The number of benzene rings is 1. The number of hydrogen-bond acceptors (Lipinski definition) is 6. The molecule has 3 atom stereocenters. The third-order valence-electron chi connectivity index (χ3n) is 5.30. The molecule has 0 N–H and O–H groups in total. The maximum atomic E-state index is 13.4. The van der Waals surface area contributed by atoms with Gasteiger partial charge in [-0.15, -0.1) is 0 Å². The van der Waals surface area contributed by atoms with E-state index in [0.717, 1.165) is 24.2 Å². The van der Waals surface area contributed by atoms with E-state index in [1.807, 2.05) is 24.0 Å². The van der Waals surface area contributed by atoms with Gasteiger partial charge in [0.2, 0.25) is 5.91 Å². The van der Waals surface area contributed by atoms with Crippen LogP contribution in [0.25, 0.3) is 0 Å². The summed E-state index contributed by atoms with van der Waals surface area (Å²) >= 11 is 0. The number of methoxy groups -OCH3 is 1. The molecule has 2 heterocycles. The van der Waals surface area contributed by atoms with E-state index in [-0.39, 0.29) is 24.0 Å². The number of hydrogen-bond donors (Lipinski definition) is 0. The summed E-state index contributed by atoms with van der Waals surface area (Å²) < 4.78 is 16.5. The first kappa shape index (κ1) is 17.0. The fourth-order valence-corrected chi connectivity index (χ4v) is 4.00. The smallest absolute Gasteiger partial charge is 0.252 e. The van der Waals surface area contributed by atoms with Crippen molar-refractivity contribution < 1.29 is 18.8 Å². The normalized spacial score (nSPS) is 25.2. The number of rotatable bonds is 3. The highest BCUT2D eigenvalue weighted by molar-refractivity contribution is 5.85. The second-order valence-electron chi connectivity index (χ2n) is 6.89. The minimum atomic E-state index is -0.355. The molecule has 7 heteroatoms. The SMILES string of the molecule is COc1ccc2c(c1)C(C(=O)N1CCO[C@H](C)[C@H]1c1nc(C)no1)CC2. The molecule has 0 saturated carbocycles. The van der Waals surface area contributed by atoms with Gasteiger partial charge >= 0.3 is 0 Å². The van der Waals surface area contributed by atoms with Crippen LogP contribution < -0.4 is 4.74 Å². The third-order valence-corrected chi connectivity index (χ3v) is 5.30. The van der Waals surface area contributed by atoms with Crippen molar-refractivity contribution in [1.82, 2.24) is 15.0 Å². The van der Waals surface area contributed by atoms with Gasteiger partial charge in [-0.1, -0.05) is 11.2 Å². The minimum absolute atomic E-state index is 0.0907. The molecule has 2 aromatic rings. The van der Waals surface area contributed by atoms with E-state index in [1.165, 1.54) is 5.56 Å². The molecule has 0 bridgehead atoms. The van der Waals surface area contributed by atoms with Crippen molar-refractivity contribution >= 4 is 5.91 Å². The molecule has 26 heavy (non-hydrogen) atoms. The number of carbonyl (C=O) groups excluding carboxylic acids is 1. The maximum absolute atomic E-state index is 13.4. The Hall–Kier alpha value is -2.41. The average molecular weight is 357 g/mol. The van der Waals surface area contributed by atoms with E-state index < -0.39 is 0 Å². The first-order valence-corrected chi connectivity index (χ1v) is 8.97. The molecule has 138 valence electrons. The number of ether oxygens (including phenoxy) is 2. The van der Waals surface area contributed by atoms with Crippen molar-refractivity contribution in [2.45, 2.75) is 44.8 Å². The zero-order valence-corrected chi connectivity index (χ0v) is 15.3. The predicted octanol–water partition coefficient (Wildman–Crippen LogP) is 2.41. The molecular weight excluding hydrogens is 334 g/mol. The van der Waals surface area contributed by atoms with Crippen LogP contribution in [-0.2, 0) is 16.0 Å². The highest BCUT2D eigenvalue weighted by atomic mass is 16.5. The van der Waals surface area contributed by atoms with Crippen LogP contribution in [0.15, 0.2) is 22.7 Å². The van der Waals surface area contributed by atoms with Crippen molar-refractivity contribution in [3.63, 3.8) is 0 Å². The molecule has 1 unspecified atom stereocenters. The Bertz CT molecular complexity index is 819. The lowest BCUT2D eigenvalue weighted by atomic mass is 9.97. The van der Waals surface area contributed by atoms with Crippen molar-refractivity contribution in [2.24, 2.45) is 0 Å².